The van der Waals surface area contributed by atoms with Crippen LogP contribution in [0.3, 0.4) is 0 Å². The average Bonchev–Trinajstić information content (AvgIpc) is 2.94. The molecular formula is C11H17NO4. The van der Waals surface area contributed by atoms with Gasteiger partial charge in [-0.05, 0) is 38.5 Å². The lowest BCUT2D eigenvalue weighted by atomic mass is 9.95. The molecule has 1 aliphatic carbocycles. The Balaban J connectivity index is 2.00. The number of rotatable bonds is 4. The van der Waals surface area contributed by atoms with Crippen LogP contribution in [-0.2, 0) is 14.3 Å². The first-order valence-electron chi connectivity index (χ1n) is 5.71. The van der Waals surface area contributed by atoms with Crippen molar-refractivity contribution in [2.75, 3.05) is 6.61 Å². The molecule has 5 heteroatoms. The molecule has 2 N–H and O–H groups in total. The number of ether oxygens (including phenoxy) is 1. The summed E-state index contributed by atoms with van der Waals surface area (Å²) in [4.78, 5) is 23.0. The molecule has 2 fully saturated rings. The van der Waals surface area contributed by atoms with E-state index in [1.54, 1.807) is 6.92 Å². The number of carboxylic acid groups (broad SMARTS) is 1. The first-order valence-corrected chi connectivity index (χ1v) is 5.71. The van der Waals surface area contributed by atoms with Crippen molar-refractivity contribution in [2.45, 2.75) is 44.2 Å². The van der Waals surface area contributed by atoms with Crippen molar-refractivity contribution in [3.05, 3.63) is 0 Å². The maximum Gasteiger partial charge on any atom is 0.329 e. The molecule has 2 aliphatic rings. The molecule has 5 nitrogen and oxygen atoms in total. The van der Waals surface area contributed by atoms with Gasteiger partial charge in [-0.15, -0.1) is 0 Å². The maximum atomic E-state index is 11.8. The van der Waals surface area contributed by atoms with Gasteiger partial charge in [0.05, 0.1) is 0 Å². The van der Waals surface area contributed by atoms with Crippen LogP contribution in [-0.4, -0.2) is 35.2 Å². The molecule has 0 aromatic rings. The Morgan fingerprint density at radius 3 is 2.50 bits per heavy atom. The lowest BCUT2D eigenvalue weighted by molar-refractivity contribution is -0.149. The van der Waals surface area contributed by atoms with Gasteiger partial charge in [-0.25, -0.2) is 4.79 Å². The minimum Gasteiger partial charge on any atom is -0.480 e. The second kappa shape index (κ2) is 4.05. The molecule has 0 radical (unpaired) electrons. The smallest absolute Gasteiger partial charge is 0.329 e. The van der Waals surface area contributed by atoms with Gasteiger partial charge in [-0.2, -0.15) is 0 Å². The molecule has 0 spiro atoms. The van der Waals surface area contributed by atoms with Gasteiger partial charge < -0.3 is 15.2 Å². The van der Waals surface area contributed by atoms with Gasteiger partial charge in [0.25, 0.3) is 0 Å². The number of aliphatic carboxylic acids is 1. The number of carboxylic acids is 1. The predicted molar refractivity (Wildman–Crippen MR) is 55.9 cm³/mol. The van der Waals surface area contributed by atoms with Crippen LogP contribution in [0.5, 0.6) is 0 Å². The van der Waals surface area contributed by atoms with Crippen molar-refractivity contribution >= 4 is 11.9 Å². The van der Waals surface area contributed by atoms with Gasteiger partial charge >= 0.3 is 5.97 Å². The fraction of sp³-hybridized carbons (Fsp3) is 0.818. The molecule has 1 saturated heterocycles. The normalized spacial score (nSPS) is 28.4. The molecule has 16 heavy (non-hydrogen) atoms. The number of nitrogens with one attached hydrogen (secondary N) is 1. The minimum absolute atomic E-state index is 0.0651. The van der Waals surface area contributed by atoms with Crippen molar-refractivity contribution in [1.29, 1.82) is 0 Å². The van der Waals surface area contributed by atoms with E-state index in [9.17, 15) is 14.7 Å². The van der Waals surface area contributed by atoms with E-state index in [-0.39, 0.29) is 11.8 Å². The summed E-state index contributed by atoms with van der Waals surface area (Å²) in [5, 5.41) is 11.8. The summed E-state index contributed by atoms with van der Waals surface area (Å²) < 4.78 is 5.24. The topological polar surface area (TPSA) is 75.6 Å². The fourth-order valence-corrected chi connectivity index (χ4v) is 2.11. The second-order valence-corrected chi connectivity index (χ2v) is 4.77. The highest BCUT2D eigenvalue weighted by Gasteiger charge is 2.49. The second-order valence-electron chi connectivity index (χ2n) is 4.77. The number of amides is 1. The highest BCUT2D eigenvalue weighted by Crippen LogP contribution is 2.39. The number of hydrogen-bond acceptors (Lipinski definition) is 3. The zero-order valence-electron chi connectivity index (χ0n) is 9.36. The summed E-state index contributed by atoms with van der Waals surface area (Å²) in [5.74, 6) is -1.18. The summed E-state index contributed by atoms with van der Waals surface area (Å²) in [6.45, 7) is 2.17. The Hall–Kier alpha value is -1.10. The number of hydrogen-bond donors (Lipinski definition) is 2. The van der Waals surface area contributed by atoms with Crippen LogP contribution in [0.2, 0.25) is 0 Å². The van der Waals surface area contributed by atoms with E-state index in [0.717, 1.165) is 19.3 Å². The predicted octanol–water partition coefficient (Wildman–Crippen LogP) is 0.535. The van der Waals surface area contributed by atoms with Crippen molar-refractivity contribution < 1.29 is 19.4 Å². The van der Waals surface area contributed by atoms with Gasteiger partial charge in [0.15, 0.2) is 0 Å². The van der Waals surface area contributed by atoms with Crippen molar-refractivity contribution in [3.8, 4) is 0 Å². The summed E-state index contributed by atoms with van der Waals surface area (Å²) in [7, 11) is 0. The Morgan fingerprint density at radius 2 is 2.06 bits per heavy atom. The van der Waals surface area contributed by atoms with E-state index >= 15 is 0 Å². The Bertz CT molecular complexity index is 307. The van der Waals surface area contributed by atoms with E-state index in [1.165, 1.54) is 0 Å². The molecule has 1 heterocycles. The van der Waals surface area contributed by atoms with E-state index < -0.39 is 17.6 Å². The van der Waals surface area contributed by atoms with E-state index in [1.807, 2.05) is 0 Å². The molecule has 0 bridgehead atoms. The van der Waals surface area contributed by atoms with Crippen LogP contribution >= 0.6 is 0 Å². The molecule has 2 rings (SSSR count). The third kappa shape index (κ3) is 2.04. The van der Waals surface area contributed by atoms with Crippen LogP contribution < -0.4 is 5.32 Å². The molecular weight excluding hydrogens is 210 g/mol. The van der Waals surface area contributed by atoms with Gasteiger partial charge in [0.1, 0.15) is 11.6 Å². The highest BCUT2D eigenvalue weighted by molar-refractivity contribution is 5.89. The van der Waals surface area contributed by atoms with E-state index in [0.29, 0.717) is 13.0 Å². The summed E-state index contributed by atoms with van der Waals surface area (Å²) >= 11 is 0. The third-order valence-electron chi connectivity index (χ3n) is 3.44. The van der Waals surface area contributed by atoms with Crippen LogP contribution in [0.1, 0.15) is 32.6 Å². The van der Waals surface area contributed by atoms with Crippen molar-refractivity contribution in [3.63, 3.8) is 0 Å². The van der Waals surface area contributed by atoms with Crippen LogP contribution in [0.15, 0.2) is 0 Å². The lowest BCUT2D eigenvalue weighted by Crippen LogP contribution is -2.56. The van der Waals surface area contributed by atoms with Gasteiger partial charge in [0.2, 0.25) is 5.91 Å². The largest absolute Gasteiger partial charge is 0.480 e. The minimum atomic E-state index is -1.12. The number of carbonyl (C=O) groups is 2. The molecule has 1 amide bonds. The van der Waals surface area contributed by atoms with Crippen molar-refractivity contribution in [1.82, 2.24) is 5.32 Å². The maximum absolute atomic E-state index is 11.8. The SMILES string of the molecule is CC(NC(=O)[C@@H]1CCCO1)(C(=O)O)C1CC1. The molecule has 1 aliphatic heterocycles. The molecule has 90 valence electrons. The molecule has 0 aromatic carbocycles. The van der Waals surface area contributed by atoms with Crippen molar-refractivity contribution in [2.24, 2.45) is 5.92 Å². The zero-order chi connectivity index (χ0) is 11.8. The summed E-state index contributed by atoms with van der Waals surface area (Å²) in [5.41, 5.74) is -1.12. The molecule has 1 unspecified atom stereocenters. The van der Waals surface area contributed by atoms with E-state index in [2.05, 4.69) is 5.32 Å². The standard InChI is InChI=1S/C11H17NO4/c1-11(10(14)15,7-4-5-7)12-9(13)8-3-2-6-16-8/h7-8H,2-6H2,1H3,(H,12,13)(H,14,15)/t8-,11?/m0/s1. The average molecular weight is 227 g/mol. The highest BCUT2D eigenvalue weighted by atomic mass is 16.5. The first kappa shape index (κ1) is 11.4. The number of carbonyl (C=O) groups excluding carboxylic acids is 1. The van der Waals surface area contributed by atoms with Crippen LogP contribution in [0.4, 0.5) is 0 Å². The monoisotopic (exact) mass is 227 g/mol. The molecule has 2 atom stereocenters. The van der Waals surface area contributed by atoms with Gasteiger partial charge in [0, 0.05) is 6.61 Å². The Morgan fingerprint density at radius 1 is 1.38 bits per heavy atom. The quantitative estimate of drug-likeness (QED) is 0.734. The van der Waals surface area contributed by atoms with E-state index in [4.69, 9.17) is 4.74 Å². The first-order chi connectivity index (χ1) is 7.54. The summed E-state index contributed by atoms with van der Waals surface area (Å²) in [6, 6.07) is 0. The zero-order valence-corrected chi connectivity index (χ0v) is 9.36. The van der Waals surface area contributed by atoms with Crippen LogP contribution in [0, 0.1) is 5.92 Å². The fourth-order valence-electron chi connectivity index (χ4n) is 2.11. The lowest BCUT2D eigenvalue weighted by Gasteiger charge is -2.27. The molecule has 1 saturated carbocycles. The molecule has 0 aromatic heterocycles. The Kier molecular flexibility index (Phi) is 2.88. The van der Waals surface area contributed by atoms with Gasteiger partial charge in [-0.1, -0.05) is 0 Å². The third-order valence-corrected chi connectivity index (χ3v) is 3.44. The van der Waals surface area contributed by atoms with Crippen LogP contribution in [0.25, 0.3) is 0 Å². The Labute approximate surface area is 94.2 Å². The summed E-state index contributed by atoms with van der Waals surface area (Å²) in [6.07, 6.45) is 2.83. The van der Waals surface area contributed by atoms with Gasteiger partial charge in [-0.3, -0.25) is 4.79 Å².